The van der Waals surface area contributed by atoms with Gasteiger partial charge in [-0.25, -0.2) is 0 Å². The van der Waals surface area contributed by atoms with E-state index in [1.54, 1.807) is 24.3 Å². The van der Waals surface area contributed by atoms with Crippen LogP contribution in [0, 0.1) is 0 Å². The summed E-state index contributed by atoms with van der Waals surface area (Å²) in [6, 6.07) is 11.1. The number of carbonyl (C=O) groups excluding carboxylic acids is 3. The predicted molar refractivity (Wildman–Crippen MR) is 77.0 cm³/mol. The summed E-state index contributed by atoms with van der Waals surface area (Å²) < 4.78 is 10.4. The Hall–Kier alpha value is -2.06. The molecule has 6 heteroatoms. The van der Waals surface area contributed by atoms with Crippen molar-refractivity contribution in [2.75, 3.05) is 11.7 Å². The predicted octanol–water partition coefficient (Wildman–Crippen LogP) is -0.773. The van der Waals surface area contributed by atoms with Gasteiger partial charge in [0, 0.05) is 0 Å². The van der Waals surface area contributed by atoms with Crippen LogP contribution in [0.5, 0.6) is 0 Å². The van der Waals surface area contributed by atoms with E-state index < -0.39 is 27.6 Å². The van der Waals surface area contributed by atoms with Crippen molar-refractivity contribution in [1.29, 1.82) is 0 Å². The van der Waals surface area contributed by atoms with Crippen molar-refractivity contribution in [2.45, 2.75) is 0 Å². The van der Waals surface area contributed by atoms with Crippen molar-refractivity contribution in [3.05, 3.63) is 70.3 Å². The molecule has 0 aromatic heterocycles. The zero-order valence-electron chi connectivity index (χ0n) is 12.2. The third kappa shape index (κ3) is 2.91. The first-order chi connectivity index (χ1) is 11.1. The molecule has 1 aliphatic rings. The number of hydrogen-bond donors (Lipinski definition) is 0. The number of halogens is 1. The normalized spacial score (nSPS) is 12.7. The van der Waals surface area contributed by atoms with Crippen LogP contribution in [-0.2, 0) is 7.80 Å². The molecule has 0 heterocycles. The van der Waals surface area contributed by atoms with E-state index in [0.29, 0.717) is 21.3 Å². The summed E-state index contributed by atoms with van der Waals surface area (Å²) in [5.74, 6) is -0.963. The van der Waals surface area contributed by atoms with Crippen molar-refractivity contribution in [3.63, 3.8) is 0 Å². The Morgan fingerprint density at radius 1 is 0.957 bits per heavy atom. The van der Waals surface area contributed by atoms with E-state index in [4.69, 9.17) is 7.80 Å². The average molecular weight is 423 g/mol. The number of hydrogen-bond acceptors (Lipinski definition) is 5. The van der Waals surface area contributed by atoms with E-state index in [-0.39, 0.29) is 22.7 Å². The number of carbonyl (C=O) groups is 3. The molecular weight excluding hydrogens is 411 g/mol. The Labute approximate surface area is 143 Å². The number of methoxy groups -OCH3 is 1. The van der Waals surface area contributed by atoms with E-state index in [2.05, 4.69) is 0 Å². The van der Waals surface area contributed by atoms with Crippen molar-refractivity contribution >= 4 is 17.5 Å². The van der Waals surface area contributed by atoms with Gasteiger partial charge < -0.3 is 0 Å². The van der Waals surface area contributed by atoms with Crippen molar-refractivity contribution in [2.24, 2.45) is 0 Å². The van der Waals surface area contributed by atoms with Gasteiger partial charge in [-0.2, -0.15) is 0 Å². The Balaban J connectivity index is 1.96. The standard InChI is InChI=1S/C17H12IO5/c1-22-9-18-23-17(21)10-6-7-13-14(8-10)16(20)12-5-3-2-4-11(12)15(13)19/h2-8H,9H2,1H3/q-1. The fraction of sp³-hybridized carbons (Fsp3) is 0.118. The Morgan fingerprint density at radius 2 is 1.57 bits per heavy atom. The first-order valence-electron chi connectivity index (χ1n) is 6.75. The Kier molecular flexibility index (Phi) is 4.53. The van der Waals surface area contributed by atoms with Crippen LogP contribution in [0.25, 0.3) is 0 Å². The summed E-state index contributed by atoms with van der Waals surface area (Å²) in [4.78, 5) is 37.0. The second-order valence-electron chi connectivity index (χ2n) is 4.84. The number of ether oxygens (including phenoxy) is 1. The zero-order valence-corrected chi connectivity index (χ0v) is 14.3. The second kappa shape index (κ2) is 6.59. The van der Waals surface area contributed by atoms with Crippen LogP contribution in [0.15, 0.2) is 42.5 Å². The molecule has 5 nitrogen and oxygen atoms in total. The van der Waals surface area contributed by atoms with Gasteiger partial charge in [0.15, 0.2) is 0 Å². The molecule has 0 aliphatic heterocycles. The Bertz CT molecular complexity index is 812. The molecule has 0 bridgehead atoms. The fourth-order valence-electron chi connectivity index (χ4n) is 2.39. The second-order valence-corrected chi connectivity index (χ2v) is 6.52. The van der Waals surface area contributed by atoms with E-state index in [9.17, 15) is 14.4 Å². The maximum absolute atomic E-state index is 12.6. The average Bonchev–Trinajstić information content (AvgIpc) is 2.59. The molecule has 0 unspecified atom stereocenters. The summed E-state index contributed by atoms with van der Waals surface area (Å²) >= 11 is -0.840. The van der Waals surface area contributed by atoms with Crippen LogP contribution in [0.3, 0.4) is 0 Å². The van der Waals surface area contributed by atoms with Crippen LogP contribution in [0.4, 0.5) is 0 Å². The first-order valence-corrected chi connectivity index (χ1v) is 9.16. The van der Waals surface area contributed by atoms with Gasteiger partial charge in [-0.05, 0) is 0 Å². The molecule has 3 rings (SSSR count). The van der Waals surface area contributed by atoms with Crippen molar-refractivity contribution in [1.82, 2.24) is 0 Å². The van der Waals surface area contributed by atoms with Crippen LogP contribution in [0.2, 0.25) is 0 Å². The molecule has 2 aromatic carbocycles. The van der Waals surface area contributed by atoms with Gasteiger partial charge in [-0.15, -0.1) is 0 Å². The third-order valence-corrected chi connectivity index (χ3v) is 5.03. The van der Waals surface area contributed by atoms with E-state index >= 15 is 0 Å². The topological polar surface area (TPSA) is 69.7 Å². The van der Waals surface area contributed by atoms with Crippen LogP contribution < -0.4 is 21.6 Å². The maximum atomic E-state index is 12.6. The number of fused-ring (bicyclic) bond motifs is 2. The van der Waals surface area contributed by atoms with Gasteiger partial charge in [-0.3, -0.25) is 0 Å². The molecule has 118 valence electrons. The molecule has 0 N–H and O–H groups in total. The molecule has 0 spiro atoms. The molecule has 0 saturated heterocycles. The monoisotopic (exact) mass is 423 g/mol. The van der Waals surface area contributed by atoms with Crippen LogP contribution in [0.1, 0.15) is 42.2 Å². The van der Waals surface area contributed by atoms with Gasteiger partial charge in [0.25, 0.3) is 0 Å². The molecule has 0 atom stereocenters. The van der Waals surface area contributed by atoms with Crippen LogP contribution in [-0.4, -0.2) is 29.3 Å². The van der Waals surface area contributed by atoms with E-state index in [1.807, 2.05) is 0 Å². The Morgan fingerprint density at radius 3 is 2.22 bits per heavy atom. The minimum absolute atomic E-state index is 0.207. The molecule has 0 fully saturated rings. The van der Waals surface area contributed by atoms with Gasteiger partial charge in [0.2, 0.25) is 0 Å². The zero-order chi connectivity index (χ0) is 16.4. The van der Waals surface area contributed by atoms with Gasteiger partial charge in [0.1, 0.15) is 0 Å². The molecular formula is C17H12IO5-. The number of benzene rings is 2. The minimum atomic E-state index is -0.840. The number of alkyl halides is 1. The summed E-state index contributed by atoms with van der Waals surface area (Å²) in [6.45, 7) is 0. The summed E-state index contributed by atoms with van der Waals surface area (Å²) in [5, 5.41) is 0. The number of rotatable bonds is 4. The van der Waals surface area contributed by atoms with Gasteiger partial charge in [0.05, 0.1) is 0 Å². The van der Waals surface area contributed by atoms with E-state index in [1.165, 1.54) is 25.3 Å². The van der Waals surface area contributed by atoms with Crippen molar-refractivity contribution in [3.8, 4) is 0 Å². The molecule has 2 aromatic rings. The summed E-state index contributed by atoms with van der Waals surface area (Å²) in [5.41, 5.74) is 1.58. The molecule has 0 amide bonds. The fourth-order valence-corrected chi connectivity index (χ4v) is 3.31. The molecule has 23 heavy (non-hydrogen) atoms. The molecule has 1 aliphatic carbocycles. The quantitative estimate of drug-likeness (QED) is 0.313. The van der Waals surface area contributed by atoms with E-state index in [0.717, 1.165) is 0 Å². The SMILES string of the molecule is COC[I-]OC(=O)c1ccc2c(c1)C(=O)c1ccccc1C2=O. The first kappa shape index (κ1) is 15.8. The number of ketones is 2. The van der Waals surface area contributed by atoms with Crippen molar-refractivity contribution < 1.29 is 43.8 Å². The molecule has 0 saturated carbocycles. The van der Waals surface area contributed by atoms with Gasteiger partial charge in [-0.1, -0.05) is 0 Å². The van der Waals surface area contributed by atoms with Gasteiger partial charge >= 0.3 is 143 Å². The summed E-state index contributed by atoms with van der Waals surface area (Å²) in [7, 11) is 1.54. The summed E-state index contributed by atoms with van der Waals surface area (Å²) in [6.07, 6.45) is 0. The van der Waals surface area contributed by atoms with Crippen LogP contribution >= 0.6 is 0 Å². The third-order valence-electron chi connectivity index (χ3n) is 3.44. The molecule has 0 radical (unpaired) electrons.